The number of hydrogen-bond donors (Lipinski definition) is 0. The van der Waals surface area contributed by atoms with E-state index in [9.17, 15) is 4.79 Å². The molecule has 3 rings (SSSR count). The molecule has 0 aliphatic carbocycles. The molecule has 0 unspecified atom stereocenters. The van der Waals surface area contributed by atoms with Crippen LogP contribution in [0.5, 0.6) is 0 Å². The van der Waals surface area contributed by atoms with Crippen molar-refractivity contribution in [1.82, 2.24) is 0 Å². The normalized spacial score (nSPS) is 20.6. The average Bonchev–Trinajstić information content (AvgIpc) is 2.47. The monoisotopic (exact) mass is 261 g/mol. The van der Waals surface area contributed by atoms with Crippen LogP contribution in [0.3, 0.4) is 0 Å². The van der Waals surface area contributed by atoms with Gasteiger partial charge in [0.2, 0.25) is 5.91 Å². The highest BCUT2D eigenvalue weighted by atomic mass is 32.2. The van der Waals surface area contributed by atoms with Crippen molar-refractivity contribution in [3.8, 4) is 0 Å². The van der Waals surface area contributed by atoms with Gasteiger partial charge in [-0.25, -0.2) is 0 Å². The molecule has 96 valence electrons. The minimum atomic E-state index is 0.261. The molecule has 2 aliphatic heterocycles. The number of benzene rings is 1. The van der Waals surface area contributed by atoms with E-state index in [4.69, 9.17) is 0 Å². The van der Waals surface area contributed by atoms with Gasteiger partial charge < -0.3 is 4.90 Å². The Morgan fingerprint density at radius 1 is 1.22 bits per heavy atom. The largest absolute Gasteiger partial charge is 0.312 e. The van der Waals surface area contributed by atoms with Gasteiger partial charge in [-0.2, -0.15) is 11.8 Å². The fourth-order valence-electron chi connectivity index (χ4n) is 2.93. The van der Waals surface area contributed by atoms with E-state index in [1.165, 1.54) is 5.56 Å². The highest BCUT2D eigenvalue weighted by Crippen LogP contribution is 2.31. The van der Waals surface area contributed by atoms with Gasteiger partial charge in [0.05, 0.1) is 0 Å². The number of fused-ring (bicyclic) bond motifs is 1. The van der Waals surface area contributed by atoms with Gasteiger partial charge in [-0.15, -0.1) is 0 Å². The maximum Gasteiger partial charge on any atom is 0.230 e. The summed E-state index contributed by atoms with van der Waals surface area (Å²) in [6.07, 6.45) is 4.33. The van der Waals surface area contributed by atoms with E-state index in [0.29, 0.717) is 5.91 Å². The fraction of sp³-hybridized carbons (Fsp3) is 0.533. The molecule has 1 aromatic carbocycles. The molecule has 1 aromatic rings. The van der Waals surface area contributed by atoms with Crippen LogP contribution in [0.1, 0.15) is 24.8 Å². The summed E-state index contributed by atoms with van der Waals surface area (Å²) in [5, 5.41) is 0. The van der Waals surface area contributed by atoms with Crippen LogP contribution in [0.4, 0.5) is 5.69 Å². The zero-order valence-electron chi connectivity index (χ0n) is 10.6. The first-order valence-electron chi connectivity index (χ1n) is 6.83. The first-order chi connectivity index (χ1) is 8.86. The Bertz CT molecular complexity index is 440. The number of hydrogen-bond acceptors (Lipinski definition) is 2. The van der Waals surface area contributed by atoms with Crippen LogP contribution in [0.15, 0.2) is 24.3 Å². The van der Waals surface area contributed by atoms with Crippen LogP contribution >= 0.6 is 11.8 Å². The summed E-state index contributed by atoms with van der Waals surface area (Å²) in [6.45, 7) is 0.902. The van der Waals surface area contributed by atoms with Gasteiger partial charge in [0.15, 0.2) is 0 Å². The number of rotatable bonds is 1. The summed E-state index contributed by atoms with van der Waals surface area (Å²) >= 11 is 1.98. The van der Waals surface area contributed by atoms with Crippen molar-refractivity contribution in [1.29, 1.82) is 0 Å². The summed E-state index contributed by atoms with van der Waals surface area (Å²) in [7, 11) is 0. The molecule has 0 radical (unpaired) electrons. The van der Waals surface area contributed by atoms with Crippen molar-refractivity contribution in [3.05, 3.63) is 29.8 Å². The lowest BCUT2D eigenvalue weighted by molar-refractivity contribution is -0.122. The third-order valence-electron chi connectivity index (χ3n) is 3.95. The molecular formula is C15H19NOS. The predicted molar refractivity (Wildman–Crippen MR) is 77.2 cm³/mol. The Kier molecular flexibility index (Phi) is 3.59. The van der Waals surface area contributed by atoms with Gasteiger partial charge in [0, 0.05) is 18.2 Å². The molecule has 2 nitrogen and oxygen atoms in total. The first-order valence-corrected chi connectivity index (χ1v) is 7.99. The van der Waals surface area contributed by atoms with E-state index in [2.05, 4.69) is 18.2 Å². The van der Waals surface area contributed by atoms with Crippen molar-refractivity contribution < 1.29 is 4.79 Å². The van der Waals surface area contributed by atoms with Gasteiger partial charge in [0.25, 0.3) is 0 Å². The lowest BCUT2D eigenvalue weighted by Crippen LogP contribution is -2.40. The van der Waals surface area contributed by atoms with Crippen molar-refractivity contribution >= 4 is 23.4 Å². The van der Waals surface area contributed by atoms with Crippen molar-refractivity contribution in [2.75, 3.05) is 23.0 Å². The maximum absolute atomic E-state index is 12.6. The maximum atomic E-state index is 12.6. The van der Waals surface area contributed by atoms with Gasteiger partial charge >= 0.3 is 0 Å². The number of anilines is 1. The minimum Gasteiger partial charge on any atom is -0.312 e. The second-order valence-corrected chi connectivity index (χ2v) is 6.33. The number of para-hydroxylation sites is 1. The van der Waals surface area contributed by atoms with Crippen LogP contribution in [-0.2, 0) is 11.2 Å². The smallest absolute Gasteiger partial charge is 0.230 e. The van der Waals surface area contributed by atoms with E-state index < -0.39 is 0 Å². The summed E-state index contributed by atoms with van der Waals surface area (Å²) < 4.78 is 0. The first kappa shape index (κ1) is 12.1. The molecule has 0 aromatic heterocycles. The fourth-order valence-corrected chi connectivity index (χ4v) is 4.03. The lowest BCUT2D eigenvalue weighted by atomic mass is 9.96. The third kappa shape index (κ3) is 2.28. The minimum absolute atomic E-state index is 0.261. The molecule has 1 fully saturated rings. The van der Waals surface area contributed by atoms with Crippen LogP contribution in [0.25, 0.3) is 0 Å². The van der Waals surface area contributed by atoms with Crippen LogP contribution in [0, 0.1) is 5.92 Å². The van der Waals surface area contributed by atoms with Gasteiger partial charge in [-0.3, -0.25) is 4.79 Å². The molecule has 1 amide bonds. The second-order valence-electron chi connectivity index (χ2n) is 5.11. The summed E-state index contributed by atoms with van der Waals surface area (Å²) in [5.74, 6) is 2.91. The lowest BCUT2D eigenvalue weighted by Gasteiger charge is -2.33. The molecule has 0 spiro atoms. The number of nitrogens with zero attached hydrogens (tertiary/aromatic N) is 1. The number of amides is 1. The molecular weight excluding hydrogens is 242 g/mol. The zero-order valence-corrected chi connectivity index (χ0v) is 11.4. The predicted octanol–water partition coefficient (Wildman–Crippen LogP) is 3.11. The average molecular weight is 261 g/mol. The quantitative estimate of drug-likeness (QED) is 0.774. The third-order valence-corrected chi connectivity index (χ3v) is 5.00. The molecule has 0 bridgehead atoms. The Morgan fingerprint density at radius 2 is 2.00 bits per heavy atom. The van der Waals surface area contributed by atoms with E-state index in [1.807, 2.05) is 22.7 Å². The number of carbonyl (C=O) groups is 1. The van der Waals surface area contributed by atoms with Crippen molar-refractivity contribution in [3.63, 3.8) is 0 Å². The van der Waals surface area contributed by atoms with Crippen LogP contribution in [-0.4, -0.2) is 24.0 Å². The van der Waals surface area contributed by atoms with Crippen molar-refractivity contribution in [2.24, 2.45) is 5.92 Å². The van der Waals surface area contributed by atoms with Crippen molar-refractivity contribution in [2.45, 2.75) is 25.7 Å². The molecule has 1 saturated heterocycles. The second kappa shape index (κ2) is 5.35. The SMILES string of the molecule is O=C(C1CCSCC1)N1CCCc2ccccc21. The van der Waals surface area contributed by atoms with E-state index in [-0.39, 0.29) is 5.92 Å². The highest BCUT2D eigenvalue weighted by Gasteiger charge is 2.29. The molecule has 0 atom stereocenters. The summed E-state index contributed by atoms with van der Waals surface area (Å²) in [6, 6.07) is 8.38. The van der Waals surface area contributed by atoms with Crippen LogP contribution < -0.4 is 4.90 Å². The molecule has 2 aliphatic rings. The molecule has 2 heterocycles. The Hall–Kier alpha value is -0.960. The Labute approximate surface area is 113 Å². The standard InChI is InChI=1S/C15H19NOS/c17-15(13-7-10-18-11-8-13)16-9-3-5-12-4-1-2-6-14(12)16/h1-2,4,6,13H,3,5,7-11H2. The molecule has 3 heteroatoms. The van der Waals surface area contributed by atoms with Gasteiger partial charge in [-0.05, 0) is 48.8 Å². The zero-order chi connectivity index (χ0) is 12.4. The van der Waals surface area contributed by atoms with Crippen LogP contribution in [0.2, 0.25) is 0 Å². The number of carbonyl (C=O) groups excluding carboxylic acids is 1. The van der Waals surface area contributed by atoms with E-state index in [1.54, 1.807) is 0 Å². The molecule has 0 N–H and O–H groups in total. The topological polar surface area (TPSA) is 20.3 Å². The Morgan fingerprint density at radius 3 is 2.83 bits per heavy atom. The summed E-state index contributed by atoms with van der Waals surface area (Å²) in [4.78, 5) is 14.7. The van der Waals surface area contributed by atoms with E-state index in [0.717, 1.165) is 49.4 Å². The number of thioether (sulfide) groups is 1. The van der Waals surface area contributed by atoms with Gasteiger partial charge in [-0.1, -0.05) is 18.2 Å². The number of aryl methyl sites for hydroxylation is 1. The Balaban J connectivity index is 1.82. The summed E-state index contributed by atoms with van der Waals surface area (Å²) in [5.41, 5.74) is 2.49. The molecule has 18 heavy (non-hydrogen) atoms. The highest BCUT2D eigenvalue weighted by molar-refractivity contribution is 7.99. The molecule has 0 saturated carbocycles. The van der Waals surface area contributed by atoms with E-state index >= 15 is 0 Å². The van der Waals surface area contributed by atoms with Gasteiger partial charge in [0.1, 0.15) is 0 Å².